The third kappa shape index (κ3) is 3.09. The second-order valence-corrected chi connectivity index (χ2v) is 7.05. The molecule has 5 rings (SSSR count). The van der Waals surface area contributed by atoms with Crippen molar-refractivity contribution in [3.8, 4) is 22.6 Å². The van der Waals surface area contributed by atoms with Gasteiger partial charge in [0, 0.05) is 10.9 Å². The lowest BCUT2D eigenvalue weighted by Gasteiger charge is -2.13. The average molecular weight is 381 g/mol. The fourth-order valence-electron chi connectivity index (χ4n) is 3.59. The fourth-order valence-corrected chi connectivity index (χ4v) is 3.59. The smallest absolute Gasteiger partial charge is 0.228 e. The van der Waals surface area contributed by atoms with Crippen LogP contribution in [-0.4, -0.2) is 10.1 Å². The van der Waals surface area contributed by atoms with Crippen molar-refractivity contribution in [1.82, 2.24) is 4.98 Å². The maximum atomic E-state index is 10.3. The number of aromatic nitrogens is 1. The summed E-state index contributed by atoms with van der Waals surface area (Å²) in [5.74, 6) is 0.908. The van der Waals surface area contributed by atoms with Crippen LogP contribution in [0, 0.1) is 6.92 Å². The highest BCUT2D eigenvalue weighted by molar-refractivity contribution is 6.13. The van der Waals surface area contributed by atoms with Crippen LogP contribution in [0.1, 0.15) is 11.1 Å². The summed E-state index contributed by atoms with van der Waals surface area (Å²) in [7, 11) is 0. The summed E-state index contributed by atoms with van der Waals surface area (Å²) in [6.07, 6.45) is 1.71. The number of phenolic OH excluding ortho intramolecular Hbond substituents is 1. The molecule has 0 atom stereocenters. The van der Waals surface area contributed by atoms with E-state index in [2.05, 4.69) is 4.98 Å². The van der Waals surface area contributed by atoms with Crippen LogP contribution < -0.4 is 4.74 Å². The normalized spacial score (nSPS) is 11.2. The van der Waals surface area contributed by atoms with Crippen LogP contribution in [-0.2, 0) is 6.61 Å². The van der Waals surface area contributed by atoms with Crippen molar-refractivity contribution >= 4 is 22.1 Å². The summed E-state index contributed by atoms with van der Waals surface area (Å²) >= 11 is 0. The zero-order chi connectivity index (χ0) is 19.8. The summed E-state index contributed by atoms with van der Waals surface area (Å²) in [5, 5.41) is 11.9. The molecule has 0 spiro atoms. The lowest BCUT2D eigenvalue weighted by molar-refractivity contribution is 0.306. The first kappa shape index (κ1) is 17.3. The molecule has 1 N–H and O–H groups in total. The van der Waals surface area contributed by atoms with E-state index in [1.54, 1.807) is 12.3 Å². The van der Waals surface area contributed by atoms with Gasteiger partial charge in [-0.05, 0) is 35.7 Å². The molecule has 0 amide bonds. The summed E-state index contributed by atoms with van der Waals surface area (Å²) in [6, 6.07) is 23.7. The number of fused-ring (bicyclic) bond motifs is 3. The van der Waals surface area contributed by atoms with Gasteiger partial charge in [0.1, 0.15) is 23.7 Å². The molecule has 4 nitrogen and oxygen atoms in total. The van der Waals surface area contributed by atoms with Gasteiger partial charge in [0.15, 0.2) is 0 Å². The Labute approximate surface area is 168 Å². The molecule has 3 aromatic carbocycles. The number of ether oxygens (including phenoxy) is 1. The van der Waals surface area contributed by atoms with Crippen LogP contribution in [0.15, 0.2) is 83.4 Å². The van der Waals surface area contributed by atoms with E-state index in [0.29, 0.717) is 23.7 Å². The van der Waals surface area contributed by atoms with Gasteiger partial charge < -0.3 is 14.3 Å². The Balaban J connectivity index is 1.74. The minimum absolute atomic E-state index is 0.231. The monoisotopic (exact) mass is 381 g/mol. The number of furan rings is 1. The number of pyridine rings is 1. The number of hydrogen-bond donors (Lipinski definition) is 1. The predicted octanol–water partition coefficient (Wildman–Crippen LogP) is 6.24. The van der Waals surface area contributed by atoms with E-state index in [1.807, 2.05) is 73.7 Å². The quantitative estimate of drug-likeness (QED) is 0.400. The maximum Gasteiger partial charge on any atom is 0.228 e. The maximum absolute atomic E-state index is 10.3. The standard InChI is InChI=1S/C25H19NO3/c1-16-12-21-19(13-20(16)27)24-23(18-10-6-3-7-11-18)22(14-26-25(24)29-21)28-15-17-8-4-2-5-9-17/h2-14,27H,15H2,1H3. The van der Waals surface area contributed by atoms with Crippen LogP contribution in [0.3, 0.4) is 0 Å². The Morgan fingerprint density at radius 3 is 2.45 bits per heavy atom. The molecular formula is C25H19NO3. The van der Waals surface area contributed by atoms with E-state index >= 15 is 0 Å². The van der Waals surface area contributed by atoms with Gasteiger partial charge in [0.05, 0.1) is 11.6 Å². The number of nitrogens with zero attached hydrogens (tertiary/aromatic N) is 1. The van der Waals surface area contributed by atoms with E-state index in [0.717, 1.165) is 33.0 Å². The number of hydrogen-bond acceptors (Lipinski definition) is 4. The Bertz CT molecular complexity index is 1310. The van der Waals surface area contributed by atoms with Crippen LogP contribution in [0.2, 0.25) is 0 Å². The number of phenols is 1. The van der Waals surface area contributed by atoms with Crippen LogP contribution in [0.4, 0.5) is 0 Å². The number of aromatic hydroxyl groups is 1. The van der Waals surface area contributed by atoms with Gasteiger partial charge in [-0.1, -0.05) is 60.7 Å². The van der Waals surface area contributed by atoms with Crippen molar-refractivity contribution in [2.45, 2.75) is 13.5 Å². The summed E-state index contributed by atoms with van der Waals surface area (Å²) in [5.41, 5.74) is 4.98. The van der Waals surface area contributed by atoms with Gasteiger partial charge in [-0.3, -0.25) is 0 Å². The van der Waals surface area contributed by atoms with E-state index in [9.17, 15) is 5.11 Å². The number of rotatable bonds is 4. The Kier molecular flexibility index (Phi) is 4.17. The first-order chi connectivity index (χ1) is 14.2. The molecule has 29 heavy (non-hydrogen) atoms. The molecule has 142 valence electrons. The molecule has 0 saturated carbocycles. The molecule has 4 heteroatoms. The highest BCUT2D eigenvalue weighted by Gasteiger charge is 2.19. The molecule has 0 radical (unpaired) electrons. The molecular weight excluding hydrogens is 362 g/mol. The van der Waals surface area contributed by atoms with Gasteiger partial charge in [-0.15, -0.1) is 0 Å². The number of aryl methyl sites for hydroxylation is 1. The summed E-state index contributed by atoms with van der Waals surface area (Å²) in [4.78, 5) is 4.50. The third-order valence-electron chi connectivity index (χ3n) is 5.08. The molecule has 0 bridgehead atoms. The predicted molar refractivity (Wildman–Crippen MR) is 114 cm³/mol. The van der Waals surface area contributed by atoms with Crippen molar-refractivity contribution in [2.75, 3.05) is 0 Å². The summed E-state index contributed by atoms with van der Waals surface area (Å²) in [6.45, 7) is 2.29. The van der Waals surface area contributed by atoms with Crippen molar-refractivity contribution < 1.29 is 14.3 Å². The SMILES string of the molecule is Cc1cc2oc3ncc(OCc4ccccc4)c(-c4ccccc4)c3c2cc1O. The first-order valence-electron chi connectivity index (χ1n) is 9.47. The lowest BCUT2D eigenvalue weighted by Crippen LogP contribution is -1.98. The summed E-state index contributed by atoms with van der Waals surface area (Å²) < 4.78 is 12.2. The van der Waals surface area contributed by atoms with Crippen LogP contribution >= 0.6 is 0 Å². The van der Waals surface area contributed by atoms with E-state index in [1.165, 1.54) is 0 Å². The molecule has 2 aromatic heterocycles. The minimum atomic E-state index is 0.231. The van der Waals surface area contributed by atoms with Crippen LogP contribution in [0.25, 0.3) is 33.2 Å². The average Bonchev–Trinajstić information content (AvgIpc) is 3.11. The first-order valence-corrected chi connectivity index (χ1v) is 9.47. The largest absolute Gasteiger partial charge is 0.508 e. The van der Waals surface area contributed by atoms with Gasteiger partial charge in [0.25, 0.3) is 0 Å². The third-order valence-corrected chi connectivity index (χ3v) is 5.08. The zero-order valence-corrected chi connectivity index (χ0v) is 15.9. The van der Waals surface area contributed by atoms with Crippen molar-refractivity contribution in [1.29, 1.82) is 0 Å². The zero-order valence-electron chi connectivity index (χ0n) is 15.9. The van der Waals surface area contributed by atoms with Crippen LogP contribution in [0.5, 0.6) is 11.5 Å². The van der Waals surface area contributed by atoms with Gasteiger partial charge in [0.2, 0.25) is 5.71 Å². The van der Waals surface area contributed by atoms with Gasteiger partial charge in [-0.2, -0.15) is 0 Å². The Morgan fingerprint density at radius 1 is 0.966 bits per heavy atom. The lowest BCUT2D eigenvalue weighted by atomic mass is 10.00. The molecule has 0 aliphatic rings. The minimum Gasteiger partial charge on any atom is -0.508 e. The molecule has 5 aromatic rings. The molecule has 2 heterocycles. The highest BCUT2D eigenvalue weighted by atomic mass is 16.5. The van der Waals surface area contributed by atoms with E-state index < -0.39 is 0 Å². The van der Waals surface area contributed by atoms with Crippen molar-refractivity contribution in [3.05, 3.63) is 90.1 Å². The van der Waals surface area contributed by atoms with Gasteiger partial charge >= 0.3 is 0 Å². The second-order valence-electron chi connectivity index (χ2n) is 7.05. The molecule has 0 saturated heterocycles. The second kappa shape index (κ2) is 6.99. The van der Waals surface area contributed by atoms with Crippen molar-refractivity contribution in [3.63, 3.8) is 0 Å². The number of benzene rings is 3. The van der Waals surface area contributed by atoms with E-state index in [-0.39, 0.29) is 5.75 Å². The molecule has 0 fully saturated rings. The highest BCUT2D eigenvalue weighted by Crippen LogP contribution is 2.42. The van der Waals surface area contributed by atoms with E-state index in [4.69, 9.17) is 9.15 Å². The Hall–Kier alpha value is -3.79. The Morgan fingerprint density at radius 2 is 1.69 bits per heavy atom. The molecule has 0 aliphatic carbocycles. The topological polar surface area (TPSA) is 55.5 Å². The van der Waals surface area contributed by atoms with Gasteiger partial charge in [-0.25, -0.2) is 4.98 Å². The molecule has 0 aliphatic heterocycles. The van der Waals surface area contributed by atoms with Crippen molar-refractivity contribution in [2.24, 2.45) is 0 Å². The molecule has 0 unspecified atom stereocenters. The fraction of sp³-hybridized carbons (Fsp3) is 0.0800.